The van der Waals surface area contributed by atoms with Gasteiger partial charge in [0.25, 0.3) is 0 Å². The van der Waals surface area contributed by atoms with Gasteiger partial charge in [-0.15, -0.1) is 0 Å². The molecule has 4 nitrogen and oxygen atoms in total. The number of esters is 2. The van der Waals surface area contributed by atoms with Gasteiger partial charge in [-0.05, 0) is 62.1 Å². The molecule has 0 spiro atoms. The highest BCUT2D eigenvalue weighted by molar-refractivity contribution is 6.41. The predicted molar refractivity (Wildman–Crippen MR) is 89.9 cm³/mol. The molecule has 120 valence electrons. The van der Waals surface area contributed by atoms with Crippen LogP contribution in [0, 0.1) is 27.7 Å². The monoisotopic (exact) mass is 320 g/mol. The summed E-state index contributed by atoms with van der Waals surface area (Å²) < 4.78 is 10.9. The van der Waals surface area contributed by atoms with Crippen molar-refractivity contribution in [2.75, 3.05) is 0 Å². The third-order valence-corrected chi connectivity index (χ3v) is 4.42. The number of rotatable bonds is 0. The number of aryl methyl sites for hydroxylation is 4. The molecule has 0 fully saturated rings. The lowest BCUT2D eigenvalue weighted by molar-refractivity contribution is -0.129. The molecule has 0 aliphatic carbocycles. The van der Waals surface area contributed by atoms with Crippen molar-refractivity contribution in [3.05, 3.63) is 57.6 Å². The Bertz CT molecular complexity index is 900. The zero-order valence-corrected chi connectivity index (χ0v) is 13.9. The highest BCUT2D eigenvalue weighted by Crippen LogP contribution is 2.46. The molecule has 0 aromatic heterocycles. The average Bonchev–Trinajstić information content (AvgIpc) is 2.96. The summed E-state index contributed by atoms with van der Waals surface area (Å²) in [5.74, 6) is 0.0489. The Morgan fingerprint density at radius 1 is 0.625 bits per heavy atom. The van der Waals surface area contributed by atoms with Crippen LogP contribution in [0.4, 0.5) is 0 Å². The van der Waals surface area contributed by atoms with Gasteiger partial charge in [0.2, 0.25) is 0 Å². The lowest BCUT2D eigenvalue weighted by Gasteiger charge is -2.05. The standard InChI is InChI=1S/C20H16O4/c1-9-5-11(3)17-13(7-9)15(19(21)23-17)16-14-8-10(2)6-12(4)18(14)24-20(16)22/h5-8H,1-4H3/b16-15+. The molecule has 0 atom stereocenters. The minimum Gasteiger partial charge on any atom is -0.422 e. The first-order valence-electron chi connectivity index (χ1n) is 7.78. The van der Waals surface area contributed by atoms with Gasteiger partial charge in [-0.3, -0.25) is 0 Å². The summed E-state index contributed by atoms with van der Waals surface area (Å²) in [6.07, 6.45) is 0. The maximum atomic E-state index is 12.5. The first-order valence-corrected chi connectivity index (χ1v) is 7.78. The van der Waals surface area contributed by atoms with Crippen molar-refractivity contribution in [1.29, 1.82) is 0 Å². The summed E-state index contributed by atoms with van der Waals surface area (Å²) in [6, 6.07) is 7.66. The molecule has 2 aromatic carbocycles. The summed E-state index contributed by atoms with van der Waals surface area (Å²) in [4.78, 5) is 25.0. The van der Waals surface area contributed by atoms with Crippen molar-refractivity contribution in [1.82, 2.24) is 0 Å². The Balaban J connectivity index is 2.07. The average molecular weight is 320 g/mol. The quantitative estimate of drug-likeness (QED) is 0.422. The van der Waals surface area contributed by atoms with Crippen LogP contribution in [0.2, 0.25) is 0 Å². The minimum atomic E-state index is -0.502. The van der Waals surface area contributed by atoms with E-state index in [1.54, 1.807) is 0 Å². The molecule has 0 saturated heterocycles. The van der Waals surface area contributed by atoms with Crippen molar-refractivity contribution < 1.29 is 19.1 Å². The van der Waals surface area contributed by atoms with Gasteiger partial charge in [0.05, 0.1) is 11.1 Å². The molecule has 2 aliphatic heterocycles. The van der Waals surface area contributed by atoms with Crippen molar-refractivity contribution in [3.63, 3.8) is 0 Å². The Labute approximate surface area is 139 Å². The molecular weight excluding hydrogens is 304 g/mol. The molecule has 24 heavy (non-hydrogen) atoms. The molecule has 0 N–H and O–H groups in total. The van der Waals surface area contributed by atoms with E-state index in [2.05, 4.69) is 0 Å². The van der Waals surface area contributed by atoms with Crippen LogP contribution in [-0.2, 0) is 9.59 Å². The maximum Gasteiger partial charge on any atom is 0.345 e. The van der Waals surface area contributed by atoms with Crippen LogP contribution in [0.25, 0.3) is 11.1 Å². The topological polar surface area (TPSA) is 52.6 Å². The highest BCUT2D eigenvalue weighted by atomic mass is 16.5. The Morgan fingerprint density at radius 2 is 1.00 bits per heavy atom. The maximum absolute atomic E-state index is 12.5. The molecule has 2 aromatic rings. The summed E-state index contributed by atoms with van der Waals surface area (Å²) in [7, 11) is 0. The third kappa shape index (κ3) is 1.92. The van der Waals surface area contributed by atoms with E-state index >= 15 is 0 Å². The minimum absolute atomic E-state index is 0.297. The molecule has 0 saturated carbocycles. The number of hydrogen-bond donors (Lipinski definition) is 0. The first-order chi connectivity index (χ1) is 11.4. The molecular formula is C20H16O4. The van der Waals surface area contributed by atoms with Gasteiger partial charge >= 0.3 is 11.9 Å². The lowest BCUT2D eigenvalue weighted by atomic mass is 9.93. The van der Waals surface area contributed by atoms with Crippen LogP contribution in [0.1, 0.15) is 33.4 Å². The van der Waals surface area contributed by atoms with Gasteiger partial charge in [-0.1, -0.05) is 12.1 Å². The van der Waals surface area contributed by atoms with Crippen LogP contribution in [-0.4, -0.2) is 11.9 Å². The smallest absolute Gasteiger partial charge is 0.345 e. The summed E-state index contributed by atoms with van der Waals surface area (Å²) in [5, 5.41) is 0. The van der Waals surface area contributed by atoms with Crippen LogP contribution in [0.15, 0.2) is 24.3 Å². The number of carbonyl (C=O) groups is 2. The molecule has 0 bridgehead atoms. The molecule has 0 amide bonds. The summed E-state index contributed by atoms with van der Waals surface area (Å²) in [5.41, 5.74) is 5.69. The first kappa shape index (κ1) is 14.7. The molecule has 2 heterocycles. The Kier molecular flexibility index (Phi) is 2.94. The van der Waals surface area contributed by atoms with Crippen LogP contribution in [0.3, 0.4) is 0 Å². The zero-order valence-electron chi connectivity index (χ0n) is 13.9. The molecule has 0 radical (unpaired) electrons. The second-order valence-corrected chi connectivity index (χ2v) is 6.45. The summed E-state index contributed by atoms with van der Waals surface area (Å²) >= 11 is 0. The van der Waals surface area contributed by atoms with Crippen LogP contribution < -0.4 is 9.47 Å². The fraction of sp³-hybridized carbons (Fsp3) is 0.200. The van der Waals surface area contributed by atoms with E-state index in [1.165, 1.54) is 0 Å². The van der Waals surface area contributed by atoms with Crippen LogP contribution >= 0.6 is 0 Å². The lowest BCUT2D eigenvalue weighted by Crippen LogP contribution is -2.08. The van der Waals surface area contributed by atoms with Crippen molar-refractivity contribution in [2.45, 2.75) is 27.7 Å². The van der Waals surface area contributed by atoms with E-state index in [0.717, 1.165) is 22.3 Å². The fourth-order valence-corrected chi connectivity index (χ4v) is 3.53. The van der Waals surface area contributed by atoms with E-state index in [1.807, 2.05) is 52.0 Å². The number of ether oxygens (including phenoxy) is 2. The van der Waals surface area contributed by atoms with E-state index in [9.17, 15) is 9.59 Å². The van der Waals surface area contributed by atoms with E-state index < -0.39 is 11.9 Å². The SMILES string of the molecule is Cc1cc(C)c2c(c1)/C(=C1\C(=O)Oc3c(C)cc(C)cc31)C(=O)O2. The van der Waals surface area contributed by atoms with Gasteiger partial charge in [-0.25, -0.2) is 9.59 Å². The van der Waals surface area contributed by atoms with E-state index in [4.69, 9.17) is 9.47 Å². The van der Waals surface area contributed by atoms with Gasteiger partial charge in [0.15, 0.2) is 0 Å². The number of carbonyl (C=O) groups excluding carboxylic acids is 2. The second kappa shape index (κ2) is 4.81. The van der Waals surface area contributed by atoms with Crippen molar-refractivity contribution in [2.24, 2.45) is 0 Å². The molecule has 4 heteroatoms. The third-order valence-electron chi connectivity index (χ3n) is 4.42. The highest BCUT2D eigenvalue weighted by Gasteiger charge is 2.39. The molecule has 4 rings (SSSR count). The number of fused-ring (bicyclic) bond motifs is 2. The predicted octanol–water partition coefficient (Wildman–Crippen LogP) is 3.67. The van der Waals surface area contributed by atoms with E-state index in [-0.39, 0.29) is 0 Å². The van der Waals surface area contributed by atoms with Crippen molar-refractivity contribution in [3.8, 4) is 11.5 Å². The summed E-state index contributed by atoms with van der Waals surface area (Å²) in [6.45, 7) is 7.69. The molecule has 2 aliphatic rings. The van der Waals surface area contributed by atoms with Crippen molar-refractivity contribution >= 4 is 23.1 Å². The normalized spacial score (nSPS) is 18.3. The fourth-order valence-electron chi connectivity index (χ4n) is 3.53. The molecule has 0 unspecified atom stereocenters. The van der Waals surface area contributed by atoms with Gasteiger partial charge in [0, 0.05) is 11.1 Å². The Morgan fingerprint density at radius 3 is 1.38 bits per heavy atom. The van der Waals surface area contributed by atoms with E-state index in [0.29, 0.717) is 33.8 Å². The van der Waals surface area contributed by atoms with Gasteiger partial charge in [0.1, 0.15) is 11.5 Å². The van der Waals surface area contributed by atoms with Crippen LogP contribution in [0.5, 0.6) is 11.5 Å². The second-order valence-electron chi connectivity index (χ2n) is 6.45. The van der Waals surface area contributed by atoms with Gasteiger partial charge in [-0.2, -0.15) is 0 Å². The number of hydrogen-bond acceptors (Lipinski definition) is 4. The number of benzene rings is 2. The Hall–Kier alpha value is -2.88. The van der Waals surface area contributed by atoms with Gasteiger partial charge < -0.3 is 9.47 Å². The zero-order chi connectivity index (χ0) is 17.2. The largest absolute Gasteiger partial charge is 0.422 e.